The topological polar surface area (TPSA) is 62.1 Å². The second-order valence-electron chi connectivity index (χ2n) is 4.55. The summed E-state index contributed by atoms with van der Waals surface area (Å²) in [5.74, 6) is -0.396. The minimum absolute atomic E-state index is 0.0471. The number of thiophene rings is 1. The van der Waals surface area contributed by atoms with Gasteiger partial charge >= 0.3 is 0 Å². The number of carbonyl (C=O) groups is 1. The van der Waals surface area contributed by atoms with Gasteiger partial charge in [-0.1, -0.05) is 29.8 Å². The molecule has 1 heterocycles. The van der Waals surface area contributed by atoms with Gasteiger partial charge in [0.15, 0.2) is 0 Å². The molecule has 114 valence electrons. The van der Waals surface area contributed by atoms with Crippen LogP contribution in [0.3, 0.4) is 0 Å². The van der Waals surface area contributed by atoms with Crippen LogP contribution in [0.5, 0.6) is 0 Å². The van der Waals surface area contributed by atoms with Gasteiger partial charge in [-0.2, -0.15) is 5.26 Å². The quantitative estimate of drug-likeness (QED) is 0.498. The van der Waals surface area contributed by atoms with Crippen LogP contribution in [-0.2, 0) is 9.53 Å². The maximum atomic E-state index is 12.0. The van der Waals surface area contributed by atoms with E-state index in [1.807, 2.05) is 30.3 Å². The molecular formula is C16H15ClN2O2S. The van der Waals surface area contributed by atoms with Crippen molar-refractivity contribution in [1.29, 1.82) is 5.26 Å². The highest BCUT2D eigenvalue weighted by Crippen LogP contribution is 2.36. The van der Waals surface area contributed by atoms with E-state index in [9.17, 15) is 10.1 Å². The van der Waals surface area contributed by atoms with E-state index in [1.165, 1.54) is 11.3 Å². The number of nitrogens with zero attached hydrogens (tertiary/aromatic N) is 1. The molecule has 0 saturated heterocycles. The molecule has 1 aromatic carbocycles. The lowest BCUT2D eigenvalue weighted by molar-refractivity contribution is -0.117. The van der Waals surface area contributed by atoms with Crippen LogP contribution in [0.4, 0.5) is 0 Å². The number of nitriles is 1. The zero-order valence-electron chi connectivity index (χ0n) is 12.1. The standard InChI is InChI=1S/C16H15ClN2O2S/c1-21-8-4-7-19-16(20)11(10-18)9-14-15(17)12-5-2-3-6-13(12)22-14/h2-3,5-6,9H,4,7-8H2,1H3,(H,19,20)/b11-9+. The first-order valence-electron chi connectivity index (χ1n) is 6.73. The molecule has 2 rings (SSSR count). The first-order valence-corrected chi connectivity index (χ1v) is 7.92. The highest BCUT2D eigenvalue weighted by atomic mass is 35.5. The fourth-order valence-electron chi connectivity index (χ4n) is 1.92. The molecule has 0 atom stereocenters. The number of halogens is 1. The third kappa shape index (κ3) is 3.86. The Balaban J connectivity index is 2.18. The van der Waals surface area contributed by atoms with Crippen LogP contribution in [0.15, 0.2) is 29.8 Å². The van der Waals surface area contributed by atoms with Crippen LogP contribution >= 0.6 is 22.9 Å². The first kappa shape index (κ1) is 16.5. The van der Waals surface area contributed by atoms with E-state index >= 15 is 0 Å². The van der Waals surface area contributed by atoms with Crippen molar-refractivity contribution >= 4 is 45.0 Å². The number of hydrogen-bond donors (Lipinski definition) is 1. The number of methoxy groups -OCH3 is 1. The van der Waals surface area contributed by atoms with Gasteiger partial charge in [-0.05, 0) is 18.6 Å². The minimum atomic E-state index is -0.396. The summed E-state index contributed by atoms with van der Waals surface area (Å²) in [6.45, 7) is 1.03. The molecule has 22 heavy (non-hydrogen) atoms. The monoisotopic (exact) mass is 334 g/mol. The third-order valence-corrected chi connectivity index (χ3v) is 4.65. The molecule has 1 aromatic heterocycles. The van der Waals surface area contributed by atoms with Gasteiger partial charge in [0.05, 0.1) is 5.02 Å². The molecule has 0 aliphatic heterocycles. The van der Waals surface area contributed by atoms with E-state index in [1.54, 1.807) is 13.2 Å². The van der Waals surface area contributed by atoms with Crippen molar-refractivity contribution in [3.8, 4) is 6.07 Å². The number of nitrogens with one attached hydrogen (secondary N) is 1. The van der Waals surface area contributed by atoms with Gasteiger partial charge in [0.25, 0.3) is 5.91 Å². The van der Waals surface area contributed by atoms with Crippen LogP contribution < -0.4 is 5.32 Å². The lowest BCUT2D eigenvalue weighted by Crippen LogP contribution is -2.26. The van der Waals surface area contributed by atoms with Crippen molar-refractivity contribution in [3.63, 3.8) is 0 Å². The van der Waals surface area contributed by atoms with Gasteiger partial charge in [0, 0.05) is 35.2 Å². The second-order valence-corrected chi connectivity index (χ2v) is 6.01. The maximum absolute atomic E-state index is 12.0. The van der Waals surface area contributed by atoms with Gasteiger partial charge in [-0.15, -0.1) is 11.3 Å². The van der Waals surface area contributed by atoms with Crippen molar-refractivity contribution in [3.05, 3.63) is 39.7 Å². The predicted molar refractivity (Wildman–Crippen MR) is 89.9 cm³/mol. The van der Waals surface area contributed by atoms with Gasteiger partial charge in [0.1, 0.15) is 11.6 Å². The van der Waals surface area contributed by atoms with Crippen LogP contribution in [0.25, 0.3) is 16.2 Å². The Kier molecular flexibility index (Phi) is 5.96. The number of amides is 1. The number of ether oxygens (including phenoxy) is 1. The molecular weight excluding hydrogens is 320 g/mol. The van der Waals surface area contributed by atoms with Gasteiger partial charge in [0.2, 0.25) is 0 Å². The largest absolute Gasteiger partial charge is 0.385 e. The maximum Gasteiger partial charge on any atom is 0.261 e. The van der Waals surface area contributed by atoms with Crippen LogP contribution in [0.1, 0.15) is 11.3 Å². The van der Waals surface area contributed by atoms with Crippen molar-refractivity contribution in [2.45, 2.75) is 6.42 Å². The smallest absolute Gasteiger partial charge is 0.261 e. The number of rotatable bonds is 6. The van der Waals surface area contributed by atoms with E-state index < -0.39 is 5.91 Å². The van der Waals surface area contributed by atoms with Gasteiger partial charge in [-0.25, -0.2) is 0 Å². The molecule has 4 nitrogen and oxygen atoms in total. The van der Waals surface area contributed by atoms with E-state index in [0.717, 1.165) is 10.1 Å². The summed E-state index contributed by atoms with van der Waals surface area (Å²) in [5, 5.41) is 13.4. The Hall–Kier alpha value is -1.87. The third-order valence-electron chi connectivity index (χ3n) is 3.01. The molecule has 2 aromatic rings. The van der Waals surface area contributed by atoms with Gasteiger partial charge in [-0.3, -0.25) is 4.79 Å². The van der Waals surface area contributed by atoms with E-state index in [4.69, 9.17) is 16.3 Å². The molecule has 0 unspecified atom stereocenters. The van der Waals surface area contributed by atoms with Crippen molar-refractivity contribution in [2.24, 2.45) is 0 Å². The predicted octanol–water partition coefficient (Wildman–Crippen LogP) is 3.61. The molecule has 0 aliphatic carbocycles. The zero-order valence-corrected chi connectivity index (χ0v) is 13.6. The SMILES string of the molecule is COCCCNC(=O)/C(C#N)=C/c1sc2ccccc2c1Cl. The molecule has 0 bridgehead atoms. The number of fused-ring (bicyclic) bond motifs is 1. The Labute approximate surface area is 138 Å². The normalized spacial score (nSPS) is 11.4. The minimum Gasteiger partial charge on any atom is -0.385 e. The fourth-order valence-corrected chi connectivity index (χ4v) is 3.35. The lowest BCUT2D eigenvalue weighted by Gasteiger charge is -2.03. The Morgan fingerprint density at radius 3 is 2.95 bits per heavy atom. The molecule has 0 saturated carbocycles. The number of hydrogen-bond acceptors (Lipinski definition) is 4. The van der Waals surface area contributed by atoms with Crippen molar-refractivity contribution in [2.75, 3.05) is 20.3 Å². The molecule has 0 spiro atoms. The molecule has 0 radical (unpaired) electrons. The first-order chi connectivity index (χ1) is 10.7. The Morgan fingerprint density at radius 2 is 2.27 bits per heavy atom. The zero-order chi connectivity index (χ0) is 15.9. The van der Waals surface area contributed by atoms with Crippen LogP contribution in [0.2, 0.25) is 5.02 Å². The summed E-state index contributed by atoms with van der Waals surface area (Å²) in [6, 6.07) is 9.64. The highest BCUT2D eigenvalue weighted by molar-refractivity contribution is 7.20. The molecule has 1 N–H and O–H groups in total. The fraction of sp³-hybridized carbons (Fsp3) is 0.250. The highest BCUT2D eigenvalue weighted by Gasteiger charge is 2.13. The number of benzene rings is 1. The summed E-state index contributed by atoms with van der Waals surface area (Å²) in [6.07, 6.45) is 2.24. The van der Waals surface area contributed by atoms with Crippen molar-refractivity contribution in [1.82, 2.24) is 5.32 Å². The molecule has 1 amide bonds. The molecule has 0 aliphatic rings. The Bertz CT molecular complexity index is 746. The summed E-state index contributed by atoms with van der Waals surface area (Å²) in [4.78, 5) is 12.7. The van der Waals surface area contributed by atoms with Crippen LogP contribution in [-0.4, -0.2) is 26.2 Å². The number of carbonyl (C=O) groups excluding carboxylic acids is 1. The second kappa shape index (κ2) is 7.95. The van der Waals surface area contributed by atoms with E-state index in [0.29, 0.717) is 29.5 Å². The summed E-state index contributed by atoms with van der Waals surface area (Å²) < 4.78 is 5.93. The summed E-state index contributed by atoms with van der Waals surface area (Å²) in [5.41, 5.74) is 0.0471. The summed E-state index contributed by atoms with van der Waals surface area (Å²) in [7, 11) is 1.60. The van der Waals surface area contributed by atoms with E-state index in [2.05, 4.69) is 5.32 Å². The van der Waals surface area contributed by atoms with E-state index in [-0.39, 0.29) is 5.57 Å². The van der Waals surface area contributed by atoms with Crippen LogP contribution in [0, 0.1) is 11.3 Å². The average Bonchev–Trinajstić information content (AvgIpc) is 2.85. The average molecular weight is 335 g/mol. The molecule has 6 heteroatoms. The van der Waals surface area contributed by atoms with Crippen molar-refractivity contribution < 1.29 is 9.53 Å². The summed E-state index contributed by atoms with van der Waals surface area (Å²) >= 11 is 7.77. The lowest BCUT2D eigenvalue weighted by atomic mass is 10.2. The van der Waals surface area contributed by atoms with Gasteiger partial charge < -0.3 is 10.1 Å². The molecule has 0 fully saturated rings. The Morgan fingerprint density at radius 1 is 1.50 bits per heavy atom.